The Hall–Kier alpha value is 3.57. The molecule has 0 aliphatic heterocycles. The fraction of sp³-hybridized carbons (Fsp3) is 0.873. The monoisotopic (exact) mass is 1820 g/mol. The van der Waals surface area contributed by atoms with E-state index in [2.05, 4.69) is 273 Å². The van der Waals surface area contributed by atoms with Crippen LogP contribution in [0.15, 0.2) is 30.8 Å². The van der Waals surface area contributed by atoms with Crippen LogP contribution in [0.5, 0.6) is 0 Å². The lowest BCUT2D eigenvalue weighted by atomic mass is 10.1. The van der Waals surface area contributed by atoms with Crippen LogP contribution in [0.2, 0.25) is 345 Å². The normalized spacial score (nSPS) is 14.9. The molecular formula is C63H154O15Si24. The van der Waals surface area contributed by atoms with Crippen molar-refractivity contribution in [2.75, 3.05) is 0 Å². The van der Waals surface area contributed by atoms with Crippen molar-refractivity contribution in [1.29, 1.82) is 0 Å². The predicted molar refractivity (Wildman–Crippen MR) is 493 cm³/mol. The summed E-state index contributed by atoms with van der Waals surface area (Å²) in [5.74, 6) is 0. The van der Waals surface area contributed by atoms with Crippen molar-refractivity contribution in [3.63, 3.8) is 0 Å². The molecule has 12 radical (unpaired) electrons. The van der Waals surface area contributed by atoms with E-state index in [1.54, 1.807) is 0 Å². The van der Waals surface area contributed by atoms with E-state index in [4.69, 9.17) is 61.7 Å². The van der Waals surface area contributed by atoms with Gasteiger partial charge < -0.3 is 61.7 Å². The molecule has 0 spiro atoms. The molecule has 0 heterocycles. The largest absolute Gasteiger partial charge is 0.469 e. The highest BCUT2D eigenvalue weighted by molar-refractivity contribution is 6.95. The van der Waals surface area contributed by atoms with Gasteiger partial charge >= 0.3 is 26.4 Å². The van der Waals surface area contributed by atoms with Crippen LogP contribution in [0.1, 0.15) is 11.1 Å². The minimum absolute atomic E-state index is 0.417. The summed E-state index contributed by atoms with van der Waals surface area (Å²) in [6.45, 7) is 90.6. The van der Waals surface area contributed by atoms with Crippen LogP contribution in [-0.4, -0.2) is 210 Å². The molecule has 0 atom stereocenters. The fourth-order valence-electron chi connectivity index (χ4n) is 10.7. The smallest absolute Gasteiger partial charge is 0.456 e. The molecule has 1 rings (SSSR count). The van der Waals surface area contributed by atoms with Crippen LogP contribution in [0.4, 0.5) is 0 Å². The molecule has 592 valence electrons. The quantitative estimate of drug-likeness (QED) is 0.0451. The Labute approximate surface area is 664 Å². The molecule has 15 nitrogen and oxygen atoms in total. The Balaban J connectivity index is 4.47. The molecule has 102 heavy (non-hydrogen) atoms. The first kappa shape index (κ1) is 104. The minimum Gasteiger partial charge on any atom is -0.456 e. The van der Waals surface area contributed by atoms with Gasteiger partial charge in [-0.1, -0.05) is 36.9 Å². The summed E-state index contributed by atoms with van der Waals surface area (Å²) < 4.78 is 111. The molecule has 0 bridgehead atoms. The van der Waals surface area contributed by atoms with Gasteiger partial charge in [-0.25, -0.2) is 0 Å². The molecule has 0 aliphatic carbocycles. The molecule has 0 N–H and O–H groups in total. The average molecular weight is 1830 g/mol. The maximum atomic E-state index is 8.34. The maximum absolute atomic E-state index is 8.34. The zero-order valence-corrected chi connectivity index (χ0v) is 96.4. The Kier molecular flexibility index (Phi) is 43.6. The van der Waals surface area contributed by atoms with Crippen molar-refractivity contribution >= 4 is 216 Å². The predicted octanol–water partition coefficient (Wildman–Crippen LogP) is 21.6. The van der Waals surface area contributed by atoms with E-state index in [1.165, 1.54) is 5.56 Å². The van der Waals surface area contributed by atoms with Crippen LogP contribution < -0.4 is 0 Å². The second kappa shape index (κ2) is 43.0. The topological polar surface area (TPSA) is 138 Å². The number of hydrogen-bond acceptors (Lipinski definition) is 15. The fourth-order valence-corrected chi connectivity index (χ4v) is 91.2. The van der Waals surface area contributed by atoms with Crippen molar-refractivity contribution < 1.29 is 61.7 Å². The number of rotatable bonds is 58. The van der Waals surface area contributed by atoms with E-state index < -0.39 is 151 Å². The number of benzene rings is 1. The van der Waals surface area contributed by atoms with Gasteiger partial charge in [-0.15, -0.1) is 0 Å². The van der Waals surface area contributed by atoms with E-state index in [0.29, 0.717) is 76.7 Å². The van der Waals surface area contributed by atoms with E-state index in [9.17, 15) is 0 Å². The van der Waals surface area contributed by atoms with Crippen molar-refractivity contribution in [1.82, 2.24) is 0 Å². The third-order valence-corrected chi connectivity index (χ3v) is 85.6. The molecular weight excluding hydrogens is 1670 g/mol. The Morgan fingerprint density at radius 1 is 0.235 bits per heavy atom. The van der Waals surface area contributed by atoms with E-state index in [-0.39, 0.29) is 0 Å². The SMILES string of the molecule is C=Cc1ccc(CC[Si](O[Si](C)(C)CC[Si]O[Si](C)(C)CC[Si]O[Si](C)(C)C)(O[Si](C)(C)CC[Si]O[Si](C)(C)CC[Si]O[Si](C)(C)C)O[Si](C)(C)CC[Si](O[Si](C)(C)CC[Si]O[Si](C)(C)C)(O[Si](C)(C)CC[Si]O[Si](C)(C)C)O[Si](C)(C)CC[Si](O[Si](C)(C)C)(O[Si](C)(C)C)O[Si](C)(C)C)cc1. The third-order valence-electron chi connectivity index (χ3n) is 15.2. The lowest BCUT2D eigenvalue weighted by Crippen LogP contribution is -2.64. The highest BCUT2D eigenvalue weighted by Gasteiger charge is 2.58. The van der Waals surface area contributed by atoms with Crippen LogP contribution in [0.3, 0.4) is 0 Å². The van der Waals surface area contributed by atoms with E-state index in [0.717, 1.165) is 96.6 Å². The minimum atomic E-state index is -3.69. The van der Waals surface area contributed by atoms with Crippen LogP contribution in [-0.2, 0) is 68.1 Å². The van der Waals surface area contributed by atoms with Crippen LogP contribution in [0, 0.1) is 0 Å². The summed E-state index contributed by atoms with van der Waals surface area (Å²) in [6, 6.07) is 24.4. The van der Waals surface area contributed by atoms with Gasteiger partial charge in [-0.2, -0.15) is 0 Å². The standard InChI is InChI=1S/C63H154O15Si24/c1-39-62-40-42-63(43-41-62)44-51-100(73-94(27,28)56-49-83-68-92(23,24)52-45-79-64-85(2,3)4,74-95(29,30)57-50-84-69-93(25,26)53-46-80-65-86(5,6)7)77-98(35,36)59-61-102(75-96(31,32)54-47-81-66-87(8,9)10,76-97(33,34)55-48-82-67-88(11,12)13)78-99(37,38)58-60-101(70-89(14,15)16,71-90(17,18)19)72-91(20,21)22/h39-43H,1,44-61H2,2-38H3. The average Bonchev–Trinajstić information content (AvgIpc) is 0.777. The molecule has 1 aromatic carbocycles. The molecule has 0 amide bonds. The number of aryl methyl sites for hydroxylation is 1. The van der Waals surface area contributed by atoms with Gasteiger partial charge in [-0.3, -0.25) is 0 Å². The zero-order valence-electron chi connectivity index (χ0n) is 72.4. The Bertz CT molecular complexity index is 2410. The van der Waals surface area contributed by atoms with Crippen molar-refractivity contribution in [2.45, 2.75) is 351 Å². The van der Waals surface area contributed by atoms with Gasteiger partial charge in [0.15, 0.2) is 125 Å². The highest BCUT2D eigenvalue weighted by Crippen LogP contribution is 2.41. The lowest BCUT2D eigenvalue weighted by molar-refractivity contribution is 0.237. The molecule has 0 saturated heterocycles. The molecule has 1 aromatic rings. The zero-order chi connectivity index (χ0) is 79.3. The van der Waals surface area contributed by atoms with Gasteiger partial charge in [0.05, 0.1) is 0 Å². The van der Waals surface area contributed by atoms with Gasteiger partial charge in [0, 0.05) is 18.1 Å². The van der Waals surface area contributed by atoms with E-state index in [1.807, 2.05) is 6.08 Å². The van der Waals surface area contributed by atoms with Gasteiger partial charge in [0.1, 0.15) is 0 Å². The van der Waals surface area contributed by atoms with Crippen molar-refractivity contribution in [2.24, 2.45) is 0 Å². The molecule has 0 unspecified atom stereocenters. The first-order valence-corrected chi connectivity index (χ1v) is 99.3. The Morgan fingerprint density at radius 3 is 0.667 bits per heavy atom. The number of hydrogen-bond donors (Lipinski definition) is 0. The second-order valence-electron chi connectivity index (χ2n) is 39.8. The van der Waals surface area contributed by atoms with Crippen molar-refractivity contribution in [3.8, 4) is 0 Å². The summed E-state index contributed by atoms with van der Waals surface area (Å²) in [7, 11) is -40.5. The van der Waals surface area contributed by atoms with Crippen LogP contribution in [0.25, 0.3) is 6.08 Å². The summed E-state index contributed by atoms with van der Waals surface area (Å²) in [5.41, 5.74) is 2.35. The lowest BCUT2D eigenvalue weighted by Gasteiger charge is -2.48. The maximum Gasteiger partial charge on any atom is 0.469 e. The third kappa shape index (κ3) is 52.9. The first-order valence-electron chi connectivity index (χ1n) is 38.0. The van der Waals surface area contributed by atoms with Crippen molar-refractivity contribution in [3.05, 3.63) is 42.0 Å². The molecule has 0 saturated carbocycles. The second-order valence-corrected chi connectivity index (χ2v) is 124. The summed E-state index contributed by atoms with van der Waals surface area (Å²) in [4.78, 5) is 0. The van der Waals surface area contributed by atoms with Gasteiger partial charge in [-0.05, 0) is 344 Å². The van der Waals surface area contributed by atoms with Crippen LogP contribution >= 0.6 is 0 Å². The summed E-state index contributed by atoms with van der Waals surface area (Å²) >= 11 is 0. The molecule has 39 heteroatoms. The summed E-state index contributed by atoms with van der Waals surface area (Å²) in [5, 5.41) is 0. The molecule has 0 fully saturated rings. The summed E-state index contributed by atoms with van der Waals surface area (Å²) in [6.07, 6.45) is 2.70. The van der Waals surface area contributed by atoms with E-state index >= 15 is 0 Å². The molecule has 0 aliphatic rings. The Morgan fingerprint density at radius 2 is 0.441 bits per heavy atom. The highest BCUT2D eigenvalue weighted by atomic mass is 28.5. The van der Waals surface area contributed by atoms with Gasteiger partial charge in [0.25, 0.3) is 0 Å². The first-order chi connectivity index (χ1) is 45.5. The van der Waals surface area contributed by atoms with Gasteiger partial charge in [0.2, 0.25) is 58.6 Å². The molecule has 0 aromatic heterocycles.